The third-order valence-corrected chi connectivity index (χ3v) is 4.73. The number of nitrogens with zero attached hydrogens (tertiary/aromatic N) is 4. The van der Waals surface area contributed by atoms with Crippen LogP contribution in [-0.4, -0.2) is 66.3 Å². The molecule has 142 valence electrons. The Morgan fingerprint density at radius 1 is 1.23 bits per heavy atom. The number of nitrogens with one attached hydrogen (secondary N) is 1. The number of morpholine rings is 1. The Hall–Kier alpha value is -2.12. The van der Waals surface area contributed by atoms with Crippen molar-refractivity contribution in [3.63, 3.8) is 0 Å². The SMILES string of the molecule is Cc1nc2ccccc2n1CCCN=C(N)NCCCN1CCOCC1. The zero-order chi connectivity index (χ0) is 18.2. The topological polar surface area (TPSA) is 80.7 Å². The molecule has 0 aliphatic carbocycles. The normalized spacial score (nSPS) is 16.3. The highest BCUT2D eigenvalue weighted by Crippen LogP contribution is 2.15. The quantitative estimate of drug-likeness (QED) is 0.423. The molecule has 0 bridgehead atoms. The molecule has 0 atom stereocenters. The molecule has 3 rings (SSSR count). The first-order valence-corrected chi connectivity index (χ1v) is 9.50. The van der Waals surface area contributed by atoms with Crippen LogP contribution >= 0.6 is 0 Å². The molecule has 26 heavy (non-hydrogen) atoms. The van der Waals surface area contributed by atoms with Crippen molar-refractivity contribution >= 4 is 17.0 Å². The highest BCUT2D eigenvalue weighted by atomic mass is 16.5. The molecule has 7 nitrogen and oxygen atoms in total. The number of hydrogen-bond donors (Lipinski definition) is 2. The van der Waals surface area contributed by atoms with Gasteiger partial charge in [0.25, 0.3) is 0 Å². The predicted octanol–water partition coefficient (Wildman–Crippen LogP) is 1.36. The molecule has 1 aliphatic heterocycles. The molecule has 1 aromatic heterocycles. The molecule has 2 heterocycles. The van der Waals surface area contributed by atoms with Crippen molar-refractivity contribution < 1.29 is 4.74 Å². The van der Waals surface area contributed by atoms with Crippen molar-refractivity contribution in [1.82, 2.24) is 19.8 Å². The fourth-order valence-corrected chi connectivity index (χ4v) is 3.31. The summed E-state index contributed by atoms with van der Waals surface area (Å²) in [7, 11) is 0. The lowest BCUT2D eigenvalue weighted by molar-refractivity contribution is 0.0376. The summed E-state index contributed by atoms with van der Waals surface area (Å²) < 4.78 is 7.60. The van der Waals surface area contributed by atoms with Crippen molar-refractivity contribution in [1.29, 1.82) is 0 Å². The number of benzene rings is 1. The molecule has 0 unspecified atom stereocenters. The maximum Gasteiger partial charge on any atom is 0.188 e. The third kappa shape index (κ3) is 5.19. The number of aliphatic imine (C=N–C) groups is 1. The van der Waals surface area contributed by atoms with Crippen LogP contribution in [0.1, 0.15) is 18.7 Å². The maximum absolute atomic E-state index is 5.96. The Morgan fingerprint density at radius 3 is 2.88 bits per heavy atom. The number of para-hydroxylation sites is 2. The molecule has 1 aromatic carbocycles. The van der Waals surface area contributed by atoms with Gasteiger partial charge in [-0.15, -0.1) is 0 Å². The molecule has 0 saturated carbocycles. The van der Waals surface area contributed by atoms with E-state index in [0.717, 1.165) is 70.1 Å². The number of aromatic nitrogens is 2. The lowest BCUT2D eigenvalue weighted by Crippen LogP contribution is -2.39. The summed E-state index contributed by atoms with van der Waals surface area (Å²) in [5, 5.41) is 3.21. The Kier molecular flexibility index (Phi) is 6.85. The molecule has 1 fully saturated rings. The average Bonchev–Trinajstić information content (AvgIpc) is 2.98. The van der Waals surface area contributed by atoms with E-state index in [4.69, 9.17) is 10.5 Å². The summed E-state index contributed by atoms with van der Waals surface area (Å²) in [4.78, 5) is 11.5. The van der Waals surface area contributed by atoms with Crippen LogP contribution in [0.2, 0.25) is 0 Å². The maximum atomic E-state index is 5.96. The van der Waals surface area contributed by atoms with Gasteiger partial charge in [0.1, 0.15) is 5.82 Å². The lowest BCUT2D eigenvalue weighted by Gasteiger charge is -2.26. The second kappa shape index (κ2) is 9.54. The molecule has 0 amide bonds. The molecular weight excluding hydrogens is 328 g/mol. The molecule has 1 saturated heterocycles. The smallest absolute Gasteiger partial charge is 0.188 e. The molecule has 0 spiro atoms. The van der Waals surface area contributed by atoms with Gasteiger partial charge in [-0.2, -0.15) is 0 Å². The van der Waals surface area contributed by atoms with E-state index in [1.54, 1.807) is 0 Å². The number of fused-ring (bicyclic) bond motifs is 1. The zero-order valence-corrected chi connectivity index (χ0v) is 15.7. The predicted molar refractivity (Wildman–Crippen MR) is 105 cm³/mol. The van der Waals surface area contributed by atoms with E-state index in [0.29, 0.717) is 12.5 Å². The fraction of sp³-hybridized carbons (Fsp3) is 0.579. The van der Waals surface area contributed by atoms with Crippen LogP contribution < -0.4 is 11.1 Å². The van der Waals surface area contributed by atoms with Gasteiger partial charge >= 0.3 is 0 Å². The van der Waals surface area contributed by atoms with E-state index in [9.17, 15) is 0 Å². The minimum absolute atomic E-state index is 0.541. The van der Waals surface area contributed by atoms with Crippen molar-refractivity contribution in [2.75, 3.05) is 45.9 Å². The Labute approximate surface area is 155 Å². The number of hydrogen-bond acceptors (Lipinski definition) is 4. The van der Waals surface area contributed by atoms with Crippen molar-refractivity contribution in [3.8, 4) is 0 Å². The number of guanidine groups is 1. The third-order valence-electron chi connectivity index (χ3n) is 4.73. The molecule has 1 aliphatic rings. The first-order chi connectivity index (χ1) is 12.7. The first-order valence-electron chi connectivity index (χ1n) is 9.50. The van der Waals surface area contributed by atoms with Crippen LogP contribution in [0.5, 0.6) is 0 Å². The molecule has 3 N–H and O–H groups in total. The lowest BCUT2D eigenvalue weighted by atomic mass is 10.3. The van der Waals surface area contributed by atoms with Gasteiger partial charge < -0.3 is 20.4 Å². The summed E-state index contributed by atoms with van der Waals surface area (Å²) in [5.41, 5.74) is 8.19. The van der Waals surface area contributed by atoms with Crippen LogP contribution in [0.25, 0.3) is 11.0 Å². The molecule has 2 aromatic rings. The van der Waals surface area contributed by atoms with Gasteiger partial charge in [-0.1, -0.05) is 12.1 Å². The van der Waals surface area contributed by atoms with Gasteiger partial charge in [0.15, 0.2) is 5.96 Å². The number of rotatable bonds is 8. The highest BCUT2D eigenvalue weighted by Gasteiger charge is 2.09. The summed E-state index contributed by atoms with van der Waals surface area (Å²) in [5.74, 6) is 1.59. The van der Waals surface area contributed by atoms with Crippen molar-refractivity contribution in [3.05, 3.63) is 30.1 Å². The Morgan fingerprint density at radius 2 is 2.04 bits per heavy atom. The van der Waals surface area contributed by atoms with Crippen LogP contribution in [0, 0.1) is 6.92 Å². The van der Waals surface area contributed by atoms with Gasteiger partial charge in [0.05, 0.1) is 24.2 Å². The van der Waals surface area contributed by atoms with Crippen LogP contribution in [-0.2, 0) is 11.3 Å². The van der Waals surface area contributed by atoms with E-state index >= 15 is 0 Å². The van der Waals surface area contributed by atoms with E-state index in [-0.39, 0.29) is 0 Å². The second-order valence-electron chi connectivity index (χ2n) is 6.65. The largest absolute Gasteiger partial charge is 0.379 e. The molecular formula is C19H30N6O. The van der Waals surface area contributed by atoms with E-state index in [1.807, 2.05) is 13.0 Å². The van der Waals surface area contributed by atoms with Gasteiger partial charge in [-0.3, -0.25) is 9.89 Å². The summed E-state index contributed by atoms with van der Waals surface area (Å²) >= 11 is 0. The van der Waals surface area contributed by atoms with E-state index < -0.39 is 0 Å². The fourth-order valence-electron chi connectivity index (χ4n) is 3.31. The second-order valence-corrected chi connectivity index (χ2v) is 6.65. The average molecular weight is 358 g/mol. The van der Waals surface area contributed by atoms with Crippen LogP contribution in [0.3, 0.4) is 0 Å². The minimum atomic E-state index is 0.541. The Balaban J connectivity index is 1.34. The van der Waals surface area contributed by atoms with Gasteiger partial charge in [-0.05, 0) is 38.4 Å². The standard InChI is InChI=1S/C19H30N6O/c1-16-23-17-6-2-3-7-18(17)25(16)11-5-9-22-19(20)21-8-4-10-24-12-14-26-15-13-24/h2-3,6-7H,4-5,8-15H2,1H3,(H3,20,21,22). The summed E-state index contributed by atoms with van der Waals surface area (Å²) in [6.45, 7) is 9.37. The van der Waals surface area contributed by atoms with Crippen molar-refractivity contribution in [2.24, 2.45) is 10.7 Å². The number of ether oxygens (including phenoxy) is 1. The van der Waals surface area contributed by atoms with Gasteiger partial charge in [-0.25, -0.2) is 4.98 Å². The zero-order valence-electron chi connectivity index (χ0n) is 15.7. The Bertz CT molecular complexity index is 720. The number of nitrogens with two attached hydrogens (primary N) is 1. The van der Waals surface area contributed by atoms with Gasteiger partial charge in [0, 0.05) is 32.7 Å². The van der Waals surface area contributed by atoms with E-state index in [2.05, 4.69) is 43.0 Å². The first kappa shape index (κ1) is 18.7. The number of aryl methyl sites for hydroxylation is 2. The van der Waals surface area contributed by atoms with Crippen LogP contribution in [0.15, 0.2) is 29.3 Å². The molecule has 0 radical (unpaired) electrons. The summed E-state index contributed by atoms with van der Waals surface area (Å²) in [6, 6.07) is 8.24. The van der Waals surface area contributed by atoms with Crippen LogP contribution in [0.4, 0.5) is 0 Å². The minimum Gasteiger partial charge on any atom is -0.379 e. The monoisotopic (exact) mass is 358 g/mol. The van der Waals surface area contributed by atoms with E-state index in [1.165, 1.54) is 5.52 Å². The van der Waals surface area contributed by atoms with Crippen molar-refractivity contribution in [2.45, 2.75) is 26.3 Å². The highest BCUT2D eigenvalue weighted by molar-refractivity contribution is 5.77. The summed E-state index contributed by atoms with van der Waals surface area (Å²) in [6.07, 6.45) is 2.01. The molecule has 7 heteroatoms. The number of imidazole rings is 1. The van der Waals surface area contributed by atoms with Gasteiger partial charge in [0.2, 0.25) is 0 Å².